The van der Waals surface area contributed by atoms with Crippen LogP contribution in [0.1, 0.15) is 59.8 Å². The van der Waals surface area contributed by atoms with E-state index >= 15 is 0 Å². The van der Waals surface area contributed by atoms with Gasteiger partial charge in [-0.15, -0.1) is 0 Å². The summed E-state index contributed by atoms with van der Waals surface area (Å²) in [5, 5.41) is 0.205. The number of esters is 1. The first-order valence-corrected chi connectivity index (χ1v) is 11.1. The van der Waals surface area contributed by atoms with E-state index in [9.17, 15) is 4.79 Å². The number of hydrogen-bond donors (Lipinski definition) is 0. The second kappa shape index (κ2) is 7.48. The van der Waals surface area contributed by atoms with Gasteiger partial charge in [-0.25, -0.2) is 0 Å². The summed E-state index contributed by atoms with van der Waals surface area (Å²) >= 11 is 0. The second-order valence-corrected chi connectivity index (χ2v) is 12.2. The lowest BCUT2D eigenvalue weighted by Crippen LogP contribution is -2.40. The fourth-order valence-electron chi connectivity index (χ4n) is 2.30. The molecule has 4 heteroatoms. The van der Waals surface area contributed by atoms with E-state index in [-0.39, 0.29) is 16.9 Å². The van der Waals surface area contributed by atoms with Crippen LogP contribution in [-0.2, 0) is 14.0 Å². The smallest absolute Gasteiger partial charge is 0.306 e. The van der Waals surface area contributed by atoms with Crippen molar-refractivity contribution in [1.29, 1.82) is 0 Å². The van der Waals surface area contributed by atoms with E-state index in [1.54, 1.807) is 0 Å². The Kier molecular flexibility index (Phi) is 6.51. The number of carbonyl (C=O) groups is 1. The molecule has 1 aliphatic carbocycles. The number of carbonyl (C=O) groups excluding carboxylic acids is 1. The highest BCUT2D eigenvalue weighted by atomic mass is 28.4. The van der Waals surface area contributed by atoms with Crippen molar-refractivity contribution in [2.45, 2.75) is 77.9 Å². The maximum Gasteiger partial charge on any atom is 0.306 e. The van der Waals surface area contributed by atoms with Gasteiger partial charge in [-0.05, 0) is 49.9 Å². The molecular formula is C17H32O3Si. The standard InChI is InChI=1S/C17H32O3Si/c1-7-19-16(18)13-14-10-8-9-11-15(12-14)20-21(5,6)17(2,3)4/h12,14H,7-11,13H2,1-6H3. The molecule has 0 spiro atoms. The topological polar surface area (TPSA) is 35.5 Å². The van der Waals surface area contributed by atoms with E-state index in [1.165, 1.54) is 0 Å². The summed E-state index contributed by atoms with van der Waals surface area (Å²) in [6, 6.07) is 0. The van der Waals surface area contributed by atoms with Crippen LogP contribution in [0.15, 0.2) is 11.8 Å². The molecule has 0 aliphatic heterocycles. The summed E-state index contributed by atoms with van der Waals surface area (Å²) in [6.07, 6.45) is 7.06. The highest BCUT2D eigenvalue weighted by Crippen LogP contribution is 2.39. The minimum atomic E-state index is -1.78. The zero-order chi connectivity index (χ0) is 16.1. The van der Waals surface area contributed by atoms with Crippen molar-refractivity contribution < 1.29 is 14.0 Å². The minimum absolute atomic E-state index is 0.0904. The Hall–Kier alpha value is -0.773. The average molecular weight is 313 g/mol. The van der Waals surface area contributed by atoms with Crippen molar-refractivity contribution in [2.24, 2.45) is 5.92 Å². The lowest BCUT2D eigenvalue weighted by molar-refractivity contribution is -0.143. The molecule has 0 N–H and O–H groups in total. The van der Waals surface area contributed by atoms with E-state index < -0.39 is 8.32 Å². The first-order chi connectivity index (χ1) is 9.65. The summed E-state index contributed by atoms with van der Waals surface area (Å²) < 4.78 is 11.5. The van der Waals surface area contributed by atoms with Crippen molar-refractivity contribution in [3.05, 3.63) is 11.8 Å². The fourth-order valence-corrected chi connectivity index (χ4v) is 3.43. The second-order valence-electron chi connectivity index (χ2n) is 7.51. The molecule has 1 rings (SSSR count). The quantitative estimate of drug-likeness (QED) is 0.527. The van der Waals surface area contributed by atoms with Crippen LogP contribution in [0.5, 0.6) is 0 Å². The Labute approximate surface area is 131 Å². The molecule has 1 atom stereocenters. The molecule has 122 valence electrons. The van der Waals surface area contributed by atoms with Crippen molar-refractivity contribution in [3.8, 4) is 0 Å². The first kappa shape index (κ1) is 18.3. The zero-order valence-corrected chi connectivity index (χ0v) is 15.6. The summed E-state index contributed by atoms with van der Waals surface area (Å²) in [5.74, 6) is 1.28. The summed E-state index contributed by atoms with van der Waals surface area (Å²) in [4.78, 5) is 11.7. The van der Waals surface area contributed by atoms with Crippen LogP contribution >= 0.6 is 0 Å². The molecule has 0 radical (unpaired) electrons. The third kappa shape index (κ3) is 5.85. The summed E-state index contributed by atoms with van der Waals surface area (Å²) in [6.45, 7) is 13.6. The highest BCUT2D eigenvalue weighted by molar-refractivity contribution is 6.74. The van der Waals surface area contributed by atoms with E-state index in [2.05, 4.69) is 39.9 Å². The molecule has 0 saturated heterocycles. The molecule has 0 fully saturated rings. The zero-order valence-electron chi connectivity index (χ0n) is 14.6. The Balaban J connectivity index is 2.75. The number of ether oxygens (including phenoxy) is 1. The van der Waals surface area contributed by atoms with Gasteiger partial charge in [0.05, 0.1) is 18.8 Å². The van der Waals surface area contributed by atoms with Crippen molar-refractivity contribution in [3.63, 3.8) is 0 Å². The molecular weight excluding hydrogens is 280 g/mol. The van der Waals surface area contributed by atoms with Crippen LogP contribution in [-0.4, -0.2) is 20.9 Å². The minimum Gasteiger partial charge on any atom is -0.547 e. The molecule has 0 heterocycles. The lowest BCUT2D eigenvalue weighted by atomic mass is 10.0. The summed E-state index contributed by atoms with van der Waals surface area (Å²) in [7, 11) is -1.78. The van der Waals surface area contributed by atoms with Gasteiger partial charge in [0.15, 0.2) is 0 Å². The molecule has 1 unspecified atom stereocenters. The van der Waals surface area contributed by atoms with E-state index in [0.717, 1.165) is 31.4 Å². The van der Waals surface area contributed by atoms with Crippen LogP contribution in [0.4, 0.5) is 0 Å². The van der Waals surface area contributed by atoms with Crippen LogP contribution in [0, 0.1) is 5.92 Å². The van der Waals surface area contributed by atoms with Crippen LogP contribution in [0.25, 0.3) is 0 Å². The van der Waals surface area contributed by atoms with Gasteiger partial charge in [-0.3, -0.25) is 4.79 Å². The molecule has 0 saturated carbocycles. The molecule has 0 aromatic rings. The predicted octanol–water partition coefficient (Wildman–Crippen LogP) is 5.04. The van der Waals surface area contributed by atoms with Gasteiger partial charge >= 0.3 is 5.97 Å². The third-order valence-electron chi connectivity index (χ3n) is 4.60. The van der Waals surface area contributed by atoms with E-state index in [1.807, 2.05) is 6.92 Å². The monoisotopic (exact) mass is 312 g/mol. The maximum atomic E-state index is 11.7. The van der Waals surface area contributed by atoms with Gasteiger partial charge < -0.3 is 9.16 Å². The predicted molar refractivity (Wildman–Crippen MR) is 89.6 cm³/mol. The van der Waals surface area contributed by atoms with Crippen molar-refractivity contribution in [2.75, 3.05) is 6.61 Å². The Morgan fingerprint density at radius 3 is 2.57 bits per heavy atom. The van der Waals surface area contributed by atoms with E-state index in [4.69, 9.17) is 9.16 Å². The lowest BCUT2D eigenvalue weighted by Gasteiger charge is -2.37. The summed E-state index contributed by atoms with van der Waals surface area (Å²) in [5.41, 5.74) is 0. The maximum absolute atomic E-state index is 11.7. The molecule has 0 aromatic carbocycles. The fraction of sp³-hybridized carbons (Fsp3) is 0.824. The molecule has 0 amide bonds. The number of rotatable bonds is 5. The normalized spacial score (nSPS) is 20.5. The molecule has 0 bridgehead atoms. The first-order valence-electron chi connectivity index (χ1n) is 8.21. The van der Waals surface area contributed by atoms with E-state index in [0.29, 0.717) is 13.0 Å². The largest absolute Gasteiger partial charge is 0.547 e. The number of allylic oxidation sites excluding steroid dienone is 2. The van der Waals surface area contributed by atoms with Crippen LogP contribution < -0.4 is 0 Å². The van der Waals surface area contributed by atoms with Crippen LogP contribution in [0.2, 0.25) is 18.1 Å². The average Bonchev–Trinajstić information content (AvgIpc) is 2.52. The highest BCUT2D eigenvalue weighted by Gasteiger charge is 2.39. The van der Waals surface area contributed by atoms with Gasteiger partial charge in [0, 0.05) is 6.42 Å². The van der Waals surface area contributed by atoms with Crippen molar-refractivity contribution >= 4 is 14.3 Å². The van der Waals surface area contributed by atoms with Gasteiger partial charge in [0.25, 0.3) is 0 Å². The Morgan fingerprint density at radius 2 is 2.00 bits per heavy atom. The Bertz CT molecular complexity index is 380. The molecule has 0 aromatic heterocycles. The molecule has 21 heavy (non-hydrogen) atoms. The molecule has 3 nitrogen and oxygen atoms in total. The van der Waals surface area contributed by atoms with Gasteiger partial charge in [-0.1, -0.05) is 27.2 Å². The van der Waals surface area contributed by atoms with Gasteiger partial charge in [-0.2, -0.15) is 0 Å². The third-order valence-corrected chi connectivity index (χ3v) is 8.98. The van der Waals surface area contributed by atoms with Crippen molar-refractivity contribution in [1.82, 2.24) is 0 Å². The van der Waals surface area contributed by atoms with Gasteiger partial charge in [0.2, 0.25) is 8.32 Å². The van der Waals surface area contributed by atoms with Crippen LogP contribution in [0.3, 0.4) is 0 Å². The SMILES string of the molecule is CCOC(=O)CC1C=C(O[Si](C)(C)C(C)(C)C)CCCC1. The Morgan fingerprint density at radius 1 is 1.33 bits per heavy atom. The number of hydrogen-bond acceptors (Lipinski definition) is 3. The van der Waals surface area contributed by atoms with Gasteiger partial charge in [0.1, 0.15) is 0 Å². The molecule has 1 aliphatic rings.